The summed E-state index contributed by atoms with van der Waals surface area (Å²) in [5.41, 5.74) is 2.42. The predicted molar refractivity (Wildman–Crippen MR) is 160 cm³/mol. The standard InChI is InChI=1S/C31H26BrF3N6O4/c1-16-11-22-25(15-39(16)28(42)19-7-10-24(32)23(13-19)31(33,34)35)41-27(20(14-36-41)12-17-3-4-17)40(29(22)43)21-8-5-18(6-9-21)26-37-30(44)45-38(26)2/h5-10,13-14,16-17H,3-4,11-12,15H2,1-2H3/t16-/m1/s1. The molecule has 14 heteroatoms. The normalized spacial score (nSPS) is 16.8. The Morgan fingerprint density at radius 2 is 1.84 bits per heavy atom. The highest BCUT2D eigenvalue weighted by Gasteiger charge is 2.37. The molecule has 232 valence electrons. The van der Waals surface area contributed by atoms with Crippen LogP contribution in [0.15, 0.2) is 67.2 Å². The monoisotopic (exact) mass is 682 g/mol. The third-order valence-corrected chi connectivity index (χ3v) is 9.22. The molecule has 7 rings (SSSR count). The van der Waals surface area contributed by atoms with E-state index in [-0.39, 0.29) is 28.6 Å². The van der Waals surface area contributed by atoms with Gasteiger partial charge in [0, 0.05) is 39.8 Å². The van der Waals surface area contributed by atoms with E-state index in [1.807, 2.05) is 0 Å². The Morgan fingerprint density at radius 3 is 2.49 bits per heavy atom. The highest BCUT2D eigenvalue weighted by molar-refractivity contribution is 9.10. The summed E-state index contributed by atoms with van der Waals surface area (Å²) >= 11 is 2.93. The molecule has 2 aromatic carbocycles. The Balaban J connectivity index is 1.33. The van der Waals surface area contributed by atoms with Gasteiger partial charge in [0.25, 0.3) is 11.5 Å². The van der Waals surface area contributed by atoms with E-state index < -0.39 is 29.4 Å². The van der Waals surface area contributed by atoms with E-state index in [0.29, 0.717) is 39.9 Å². The van der Waals surface area contributed by atoms with Crippen LogP contribution < -0.4 is 11.3 Å². The van der Waals surface area contributed by atoms with Crippen molar-refractivity contribution >= 4 is 27.5 Å². The van der Waals surface area contributed by atoms with Gasteiger partial charge in [-0.3, -0.25) is 14.2 Å². The Hall–Kier alpha value is -4.46. The smallest absolute Gasteiger partial charge is 0.330 e. The Kier molecular flexibility index (Phi) is 6.87. The molecule has 0 unspecified atom stereocenters. The van der Waals surface area contributed by atoms with E-state index in [2.05, 4.69) is 26.0 Å². The number of carbonyl (C=O) groups is 1. The first kappa shape index (κ1) is 29.3. The summed E-state index contributed by atoms with van der Waals surface area (Å²) in [6, 6.07) is 10.0. The van der Waals surface area contributed by atoms with Crippen molar-refractivity contribution in [3.05, 3.63) is 102 Å². The molecule has 45 heavy (non-hydrogen) atoms. The third-order valence-electron chi connectivity index (χ3n) is 8.52. The van der Waals surface area contributed by atoms with E-state index in [0.717, 1.165) is 30.9 Å². The molecule has 4 heterocycles. The molecule has 1 amide bonds. The number of halogens is 4. The van der Waals surface area contributed by atoms with Gasteiger partial charge >= 0.3 is 11.9 Å². The molecule has 0 radical (unpaired) electrons. The minimum Gasteiger partial charge on any atom is -0.330 e. The van der Waals surface area contributed by atoms with Crippen molar-refractivity contribution in [1.29, 1.82) is 0 Å². The van der Waals surface area contributed by atoms with Crippen LogP contribution in [0, 0.1) is 5.92 Å². The number of hydrogen-bond donors (Lipinski definition) is 0. The number of aryl methyl sites for hydroxylation is 1. The van der Waals surface area contributed by atoms with Gasteiger partial charge in [-0.1, -0.05) is 15.9 Å². The molecule has 5 aromatic rings. The highest BCUT2D eigenvalue weighted by Crippen LogP contribution is 2.37. The molecule has 1 atom stereocenters. The lowest BCUT2D eigenvalue weighted by atomic mass is 9.97. The first-order valence-corrected chi connectivity index (χ1v) is 15.2. The topological polar surface area (TPSA) is 108 Å². The molecule has 1 saturated carbocycles. The van der Waals surface area contributed by atoms with Gasteiger partial charge in [0.2, 0.25) is 0 Å². The average Bonchev–Trinajstić information content (AvgIpc) is 3.62. The predicted octanol–water partition coefficient (Wildman–Crippen LogP) is 5.16. The van der Waals surface area contributed by atoms with Crippen molar-refractivity contribution in [2.24, 2.45) is 13.0 Å². The molecule has 2 aliphatic rings. The summed E-state index contributed by atoms with van der Waals surface area (Å²) in [6.07, 6.45) is 0.213. The van der Waals surface area contributed by atoms with Crippen molar-refractivity contribution in [3.63, 3.8) is 0 Å². The van der Waals surface area contributed by atoms with Gasteiger partial charge in [-0.05, 0) is 81.0 Å². The van der Waals surface area contributed by atoms with Crippen LogP contribution in [-0.4, -0.2) is 40.8 Å². The maximum Gasteiger partial charge on any atom is 0.460 e. The first-order chi connectivity index (χ1) is 21.4. The number of nitrogens with zero attached hydrogens (tertiary/aromatic N) is 6. The van der Waals surface area contributed by atoms with Crippen LogP contribution in [0.4, 0.5) is 13.2 Å². The lowest BCUT2D eigenvalue weighted by molar-refractivity contribution is -0.138. The molecular formula is C31H26BrF3N6O4. The summed E-state index contributed by atoms with van der Waals surface area (Å²) in [5, 5.41) is 4.67. The van der Waals surface area contributed by atoms with Gasteiger partial charge in [-0.25, -0.2) is 9.31 Å². The summed E-state index contributed by atoms with van der Waals surface area (Å²) in [6.45, 7) is 1.78. The fourth-order valence-corrected chi connectivity index (χ4v) is 6.53. The summed E-state index contributed by atoms with van der Waals surface area (Å²) in [7, 11) is 1.58. The number of carbonyl (C=O) groups excluding carboxylic acids is 1. The molecule has 0 saturated heterocycles. The maximum atomic E-state index is 14.3. The largest absolute Gasteiger partial charge is 0.460 e. The van der Waals surface area contributed by atoms with E-state index in [9.17, 15) is 27.6 Å². The zero-order valence-corrected chi connectivity index (χ0v) is 25.7. The fraction of sp³-hybridized carbons (Fsp3) is 0.323. The summed E-state index contributed by atoms with van der Waals surface area (Å²) < 4.78 is 50.2. The van der Waals surface area contributed by atoms with Crippen molar-refractivity contribution in [2.45, 2.75) is 51.4 Å². The molecular weight excluding hydrogens is 657 g/mol. The van der Waals surface area contributed by atoms with Crippen LogP contribution in [0.1, 0.15) is 52.5 Å². The van der Waals surface area contributed by atoms with Crippen LogP contribution in [-0.2, 0) is 32.6 Å². The SMILES string of the molecule is C[C@@H]1Cc2c(n3ncc(CC4CC4)c3n(-c3ccc(-c4nc(=O)on4C)cc3)c2=O)CN1C(=O)c1ccc(Br)c(C(F)(F)F)c1. The van der Waals surface area contributed by atoms with Crippen molar-refractivity contribution in [3.8, 4) is 17.1 Å². The minimum absolute atomic E-state index is 0.00298. The fourth-order valence-electron chi connectivity index (χ4n) is 6.06. The van der Waals surface area contributed by atoms with Gasteiger partial charge in [-0.15, -0.1) is 0 Å². The number of hydrogen-bond acceptors (Lipinski definition) is 6. The molecule has 0 spiro atoms. The lowest BCUT2D eigenvalue weighted by Crippen LogP contribution is -2.46. The van der Waals surface area contributed by atoms with Crippen LogP contribution in [0.2, 0.25) is 0 Å². The zero-order valence-electron chi connectivity index (χ0n) is 24.1. The van der Waals surface area contributed by atoms with Crippen LogP contribution in [0.25, 0.3) is 22.7 Å². The molecule has 0 N–H and O–H groups in total. The Labute approximate surface area is 261 Å². The van der Waals surface area contributed by atoms with Crippen molar-refractivity contribution in [1.82, 2.24) is 28.8 Å². The number of rotatable bonds is 5. The van der Waals surface area contributed by atoms with Gasteiger partial charge in [0.05, 0.1) is 29.7 Å². The van der Waals surface area contributed by atoms with Crippen LogP contribution >= 0.6 is 15.9 Å². The first-order valence-electron chi connectivity index (χ1n) is 14.4. The van der Waals surface area contributed by atoms with E-state index in [4.69, 9.17) is 4.52 Å². The summed E-state index contributed by atoms with van der Waals surface area (Å²) in [5.74, 6) is -0.436. The molecule has 1 aliphatic heterocycles. The maximum absolute atomic E-state index is 14.3. The van der Waals surface area contributed by atoms with Crippen LogP contribution in [0.3, 0.4) is 0 Å². The van der Waals surface area contributed by atoms with Crippen LogP contribution in [0.5, 0.6) is 0 Å². The second-order valence-electron chi connectivity index (χ2n) is 11.6. The van der Waals surface area contributed by atoms with E-state index >= 15 is 0 Å². The summed E-state index contributed by atoms with van der Waals surface area (Å²) in [4.78, 5) is 44.9. The number of amides is 1. The second-order valence-corrected chi connectivity index (χ2v) is 12.5. The number of alkyl halides is 3. The Bertz CT molecular complexity index is 2110. The molecule has 3 aromatic heterocycles. The molecule has 1 fully saturated rings. The lowest BCUT2D eigenvalue weighted by Gasteiger charge is -2.35. The van der Waals surface area contributed by atoms with Gasteiger partial charge in [-0.2, -0.15) is 28.0 Å². The van der Waals surface area contributed by atoms with E-state index in [1.165, 1.54) is 21.8 Å². The van der Waals surface area contributed by atoms with Gasteiger partial charge in [0.1, 0.15) is 5.65 Å². The number of benzene rings is 2. The molecule has 1 aliphatic carbocycles. The van der Waals surface area contributed by atoms with Crippen molar-refractivity contribution in [2.75, 3.05) is 0 Å². The van der Waals surface area contributed by atoms with E-state index in [1.54, 1.807) is 53.5 Å². The molecule has 10 nitrogen and oxygen atoms in total. The van der Waals surface area contributed by atoms with Crippen molar-refractivity contribution < 1.29 is 22.5 Å². The number of fused-ring (bicyclic) bond motifs is 3. The quantitative estimate of drug-likeness (QED) is 0.254. The number of aromatic nitrogens is 5. The van der Waals surface area contributed by atoms with Gasteiger partial charge < -0.3 is 9.42 Å². The zero-order chi connectivity index (χ0) is 31.8. The minimum atomic E-state index is -4.64. The van der Waals surface area contributed by atoms with Gasteiger partial charge in [0.15, 0.2) is 5.82 Å². The second kappa shape index (κ2) is 10.6. The molecule has 0 bridgehead atoms. The third kappa shape index (κ3) is 5.10. The Morgan fingerprint density at radius 1 is 1.11 bits per heavy atom. The highest BCUT2D eigenvalue weighted by atomic mass is 79.9. The average molecular weight is 683 g/mol.